The van der Waals surface area contributed by atoms with E-state index in [0.29, 0.717) is 12.5 Å². The summed E-state index contributed by atoms with van der Waals surface area (Å²) in [6.07, 6.45) is 3.25. The second kappa shape index (κ2) is 5.23. The van der Waals surface area contributed by atoms with Gasteiger partial charge in [-0.25, -0.2) is 0 Å². The molecule has 1 saturated heterocycles. The number of likely N-dealkylation sites (tertiary alicyclic amines) is 1. The Morgan fingerprint density at radius 3 is 2.84 bits per heavy atom. The predicted octanol–water partition coefficient (Wildman–Crippen LogP) is 1.61. The van der Waals surface area contributed by atoms with Gasteiger partial charge in [-0.15, -0.1) is 0 Å². The van der Waals surface area contributed by atoms with Gasteiger partial charge in [0.1, 0.15) is 0 Å². The molecule has 2 fully saturated rings. The molecule has 2 bridgehead atoms. The molecular weight excluding hydrogens is 236 g/mol. The molecule has 3 atom stereocenters. The van der Waals surface area contributed by atoms with Gasteiger partial charge in [-0.1, -0.05) is 36.8 Å². The van der Waals surface area contributed by atoms with Gasteiger partial charge < -0.3 is 10.8 Å². The quantitative estimate of drug-likeness (QED) is 0.868. The fraction of sp³-hybridized carbons (Fsp3) is 0.625. The van der Waals surface area contributed by atoms with Crippen LogP contribution in [-0.4, -0.2) is 35.7 Å². The summed E-state index contributed by atoms with van der Waals surface area (Å²) >= 11 is 0. The SMILES string of the molecule is NC[C@@]12CCC[C@@H](CN(Cc3ccccc3)C1)[C@H]2O. The molecule has 19 heavy (non-hydrogen) atoms. The standard InChI is InChI=1S/C16H24N2O/c17-11-16-8-4-7-14(15(16)19)10-18(12-16)9-13-5-2-1-3-6-13/h1-3,5-6,14-15,19H,4,7-12,17H2/t14-,15+,16-/m0/s1. The van der Waals surface area contributed by atoms with E-state index < -0.39 is 0 Å². The zero-order valence-corrected chi connectivity index (χ0v) is 11.5. The maximum Gasteiger partial charge on any atom is 0.0661 e. The van der Waals surface area contributed by atoms with E-state index in [4.69, 9.17) is 5.73 Å². The van der Waals surface area contributed by atoms with E-state index in [0.717, 1.165) is 32.5 Å². The summed E-state index contributed by atoms with van der Waals surface area (Å²) < 4.78 is 0. The van der Waals surface area contributed by atoms with Crippen molar-refractivity contribution in [2.75, 3.05) is 19.6 Å². The zero-order chi connectivity index (χ0) is 13.3. The van der Waals surface area contributed by atoms with E-state index >= 15 is 0 Å². The summed E-state index contributed by atoms with van der Waals surface area (Å²) in [5.74, 6) is 0.412. The summed E-state index contributed by atoms with van der Waals surface area (Å²) in [4.78, 5) is 2.48. The van der Waals surface area contributed by atoms with Gasteiger partial charge in [0.2, 0.25) is 0 Å². The second-order valence-corrected chi connectivity index (χ2v) is 6.32. The number of nitrogens with two attached hydrogens (primary N) is 1. The summed E-state index contributed by atoms with van der Waals surface area (Å²) in [5.41, 5.74) is 7.30. The monoisotopic (exact) mass is 260 g/mol. The molecular formula is C16H24N2O. The Morgan fingerprint density at radius 2 is 2.11 bits per heavy atom. The Bertz CT molecular complexity index is 422. The van der Waals surface area contributed by atoms with E-state index in [1.54, 1.807) is 0 Å². The van der Waals surface area contributed by atoms with Crippen LogP contribution in [0.25, 0.3) is 0 Å². The smallest absolute Gasteiger partial charge is 0.0661 e. The number of benzene rings is 1. The number of hydrogen-bond donors (Lipinski definition) is 2. The third-order valence-corrected chi connectivity index (χ3v) is 5.01. The Kier molecular flexibility index (Phi) is 3.61. The number of nitrogens with zero attached hydrogens (tertiary/aromatic N) is 1. The maximum atomic E-state index is 10.5. The second-order valence-electron chi connectivity index (χ2n) is 6.32. The van der Waals surface area contributed by atoms with Crippen LogP contribution in [0.2, 0.25) is 0 Å². The number of fused-ring (bicyclic) bond motifs is 2. The van der Waals surface area contributed by atoms with Crippen LogP contribution >= 0.6 is 0 Å². The minimum atomic E-state index is -0.196. The highest BCUT2D eigenvalue weighted by Gasteiger charge is 2.48. The van der Waals surface area contributed by atoms with Gasteiger partial charge in [0, 0.05) is 31.6 Å². The fourth-order valence-corrected chi connectivity index (χ4v) is 3.98. The number of hydrogen-bond acceptors (Lipinski definition) is 3. The zero-order valence-electron chi connectivity index (χ0n) is 11.5. The van der Waals surface area contributed by atoms with E-state index in [2.05, 4.69) is 35.2 Å². The molecule has 3 heteroatoms. The highest BCUT2D eigenvalue weighted by atomic mass is 16.3. The molecule has 0 spiro atoms. The van der Waals surface area contributed by atoms with Gasteiger partial charge in [-0.3, -0.25) is 4.90 Å². The number of rotatable bonds is 3. The van der Waals surface area contributed by atoms with E-state index in [9.17, 15) is 5.11 Å². The topological polar surface area (TPSA) is 49.5 Å². The van der Waals surface area contributed by atoms with Gasteiger partial charge in [-0.05, 0) is 24.3 Å². The summed E-state index contributed by atoms with van der Waals surface area (Å²) in [7, 11) is 0. The van der Waals surface area contributed by atoms with Gasteiger partial charge in [0.05, 0.1) is 6.10 Å². The molecule has 104 valence electrons. The van der Waals surface area contributed by atoms with Crippen LogP contribution in [0.15, 0.2) is 30.3 Å². The summed E-state index contributed by atoms with van der Waals surface area (Å²) in [6.45, 7) is 3.54. The van der Waals surface area contributed by atoms with Crippen molar-refractivity contribution in [2.45, 2.75) is 31.9 Å². The maximum absolute atomic E-state index is 10.5. The van der Waals surface area contributed by atoms with E-state index in [-0.39, 0.29) is 11.5 Å². The fourth-order valence-electron chi connectivity index (χ4n) is 3.98. The molecule has 3 rings (SSSR count). The minimum Gasteiger partial charge on any atom is -0.392 e. The lowest BCUT2D eigenvalue weighted by Gasteiger charge is -2.53. The molecule has 2 aliphatic rings. The molecule has 1 aromatic carbocycles. The lowest BCUT2D eigenvalue weighted by atomic mass is 9.64. The predicted molar refractivity (Wildman–Crippen MR) is 76.6 cm³/mol. The van der Waals surface area contributed by atoms with E-state index in [1.165, 1.54) is 12.0 Å². The first kappa shape index (κ1) is 13.1. The lowest BCUT2D eigenvalue weighted by Crippen LogP contribution is -2.61. The lowest BCUT2D eigenvalue weighted by molar-refractivity contribution is -0.111. The molecule has 0 radical (unpaired) electrons. The molecule has 0 unspecified atom stereocenters. The molecule has 1 heterocycles. The number of piperidine rings is 1. The van der Waals surface area contributed by atoms with Crippen LogP contribution in [0.1, 0.15) is 24.8 Å². The Labute approximate surface area is 115 Å². The van der Waals surface area contributed by atoms with Crippen LogP contribution < -0.4 is 5.73 Å². The van der Waals surface area contributed by atoms with Gasteiger partial charge in [-0.2, -0.15) is 0 Å². The van der Waals surface area contributed by atoms with Crippen molar-refractivity contribution in [1.82, 2.24) is 4.90 Å². The molecule has 0 amide bonds. The first-order chi connectivity index (χ1) is 9.23. The minimum absolute atomic E-state index is 0.0596. The highest BCUT2D eigenvalue weighted by Crippen LogP contribution is 2.43. The first-order valence-electron chi connectivity index (χ1n) is 7.38. The van der Waals surface area contributed by atoms with Crippen molar-refractivity contribution in [3.8, 4) is 0 Å². The van der Waals surface area contributed by atoms with E-state index in [1.807, 2.05) is 0 Å². The van der Waals surface area contributed by atoms with Gasteiger partial charge in [0.25, 0.3) is 0 Å². The van der Waals surface area contributed by atoms with Crippen LogP contribution in [0, 0.1) is 11.3 Å². The van der Waals surface area contributed by atoms with Crippen molar-refractivity contribution in [1.29, 1.82) is 0 Å². The van der Waals surface area contributed by atoms with Crippen molar-refractivity contribution >= 4 is 0 Å². The van der Waals surface area contributed by atoms with Crippen LogP contribution in [0.4, 0.5) is 0 Å². The van der Waals surface area contributed by atoms with Crippen LogP contribution in [0.5, 0.6) is 0 Å². The third kappa shape index (κ3) is 2.42. The van der Waals surface area contributed by atoms with Crippen LogP contribution in [-0.2, 0) is 6.54 Å². The number of aliphatic hydroxyl groups excluding tert-OH is 1. The van der Waals surface area contributed by atoms with Gasteiger partial charge >= 0.3 is 0 Å². The van der Waals surface area contributed by atoms with Gasteiger partial charge in [0.15, 0.2) is 0 Å². The summed E-state index contributed by atoms with van der Waals surface area (Å²) in [5, 5.41) is 10.5. The highest BCUT2D eigenvalue weighted by molar-refractivity contribution is 5.15. The molecule has 3 N–H and O–H groups in total. The van der Waals surface area contributed by atoms with Crippen LogP contribution in [0.3, 0.4) is 0 Å². The Morgan fingerprint density at radius 1 is 1.32 bits per heavy atom. The molecule has 1 aliphatic carbocycles. The van der Waals surface area contributed by atoms with Crippen molar-refractivity contribution in [3.05, 3.63) is 35.9 Å². The molecule has 1 aliphatic heterocycles. The Balaban J connectivity index is 1.75. The Hall–Kier alpha value is -0.900. The van der Waals surface area contributed by atoms with Crippen molar-refractivity contribution in [2.24, 2.45) is 17.1 Å². The molecule has 0 aromatic heterocycles. The van der Waals surface area contributed by atoms with Crippen molar-refractivity contribution < 1.29 is 5.11 Å². The molecule has 1 saturated carbocycles. The normalized spacial score (nSPS) is 35.3. The average molecular weight is 260 g/mol. The molecule has 1 aromatic rings. The molecule has 3 nitrogen and oxygen atoms in total. The van der Waals surface area contributed by atoms with Crippen molar-refractivity contribution in [3.63, 3.8) is 0 Å². The largest absolute Gasteiger partial charge is 0.392 e. The first-order valence-corrected chi connectivity index (χ1v) is 7.38. The number of aliphatic hydroxyl groups is 1. The average Bonchev–Trinajstić information content (AvgIpc) is 2.42. The third-order valence-electron chi connectivity index (χ3n) is 5.01. The summed E-state index contributed by atoms with van der Waals surface area (Å²) in [6, 6.07) is 10.6.